The molecule has 37 heavy (non-hydrogen) atoms. The van der Waals surface area contributed by atoms with E-state index in [1.165, 1.54) is 12.1 Å². The molecule has 0 unspecified atom stereocenters. The third-order valence-corrected chi connectivity index (χ3v) is 5.50. The molecule has 194 valence electrons. The summed E-state index contributed by atoms with van der Waals surface area (Å²) in [5, 5.41) is 7.17. The van der Waals surface area contributed by atoms with Gasteiger partial charge in [0.1, 0.15) is 18.1 Å². The van der Waals surface area contributed by atoms with Crippen molar-refractivity contribution in [3.8, 4) is 11.5 Å². The van der Waals surface area contributed by atoms with E-state index in [-0.39, 0.29) is 11.5 Å². The average molecular weight is 521 g/mol. The number of carbonyl (C=O) groups is 1. The van der Waals surface area contributed by atoms with Crippen LogP contribution in [0.4, 0.5) is 27.6 Å². The van der Waals surface area contributed by atoms with E-state index in [0.717, 1.165) is 5.56 Å². The number of hydrogen-bond donors (Lipinski definition) is 1. The Kier molecular flexibility index (Phi) is 7.18. The van der Waals surface area contributed by atoms with Crippen molar-refractivity contribution in [1.29, 1.82) is 0 Å². The van der Waals surface area contributed by atoms with Crippen molar-refractivity contribution < 1.29 is 40.6 Å². The van der Waals surface area contributed by atoms with Crippen molar-refractivity contribution in [2.75, 3.05) is 12.4 Å². The molecule has 0 bridgehead atoms. The second kappa shape index (κ2) is 10.3. The predicted octanol–water partition coefficient (Wildman–Crippen LogP) is 5.68. The third kappa shape index (κ3) is 5.13. The number of rotatable bonds is 8. The summed E-state index contributed by atoms with van der Waals surface area (Å²) in [6.07, 6.45) is 0. The molecular weight excluding hydrogens is 501 g/mol. The van der Waals surface area contributed by atoms with Crippen LogP contribution >= 0.6 is 0 Å². The van der Waals surface area contributed by atoms with Crippen LogP contribution in [-0.4, -0.2) is 22.8 Å². The number of ether oxygens (including phenoxy) is 2. The number of carbonyl (C=O) groups excluding carboxylic acids is 1. The van der Waals surface area contributed by atoms with Gasteiger partial charge < -0.3 is 19.2 Å². The monoisotopic (exact) mass is 521 g/mol. The van der Waals surface area contributed by atoms with E-state index < -0.39 is 47.3 Å². The topological polar surface area (TPSA) is 78.5 Å². The first-order valence-electron chi connectivity index (χ1n) is 10.8. The Bertz CT molecular complexity index is 1450. The Morgan fingerprint density at radius 1 is 1.00 bits per heavy atom. The van der Waals surface area contributed by atoms with Crippen LogP contribution in [0, 0.1) is 42.9 Å². The van der Waals surface area contributed by atoms with Crippen LogP contribution in [0.15, 0.2) is 40.8 Å². The number of methoxy groups -OCH3 is 1. The van der Waals surface area contributed by atoms with Crippen LogP contribution in [0.1, 0.15) is 33.3 Å². The standard InChI is InChI=1S/C25H20F5N3O4/c1-12-23(13(2)33(32-12)10-14-5-4-6-15(9-14)35-3)31-25(34)17-8-7-16(37-17)11-36-24-21(29)19(27)18(26)20(28)22(24)30/h4-9H,10-11H2,1-3H3,(H,31,34). The number of aryl methyl sites for hydroxylation is 1. The fourth-order valence-electron chi connectivity index (χ4n) is 3.58. The molecule has 1 N–H and O–H groups in total. The maximum Gasteiger partial charge on any atom is 0.291 e. The maximum absolute atomic E-state index is 13.8. The van der Waals surface area contributed by atoms with Gasteiger partial charge in [-0.15, -0.1) is 0 Å². The lowest BCUT2D eigenvalue weighted by molar-refractivity contribution is 0.0992. The molecule has 2 heterocycles. The van der Waals surface area contributed by atoms with Crippen LogP contribution in [0.2, 0.25) is 0 Å². The molecule has 0 saturated heterocycles. The Morgan fingerprint density at radius 3 is 2.35 bits per heavy atom. The van der Waals surface area contributed by atoms with Gasteiger partial charge in [0.25, 0.3) is 5.91 Å². The first kappa shape index (κ1) is 25.7. The lowest BCUT2D eigenvalue weighted by Crippen LogP contribution is -2.12. The van der Waals surface area contributed by atoms with Crippen molar-refractivity contribution in [2.24, 2.45) is 0 Å². The Balaban J connectivity index is 1.45. The minimum Gasteiger partial charge on any atom is -0.497 e. The smallest absolute Gasteiger partial charge is 0.291 e. The fourth-order valence-corrected chi connectivity index (χ4v) is 3.58. The van der Waals surface area contributed by atoms with Gasteiger partial charge in [-0.3, -0.25) is 9.48 Å². The van der Waals surface area contributed by atoms with E-state index in [4.69, 9.17) is 13.9 Å². The second-order valence-corrected chi connectivity index (χ2v) is 7.96. The van der Waals surface area contributed by atoms with Gasteiger partial charge in [0.05, 0.1) is 30.7 Å². The highest BCUT2D eigenvalue weighted by atomic mass is 19.2. The normalized spacial score (nSPS) is 11.0. The molecule has 2 aromatic heterocycles. The summed E-state index contributed by atoms with van der Waals surface area (Å²) in [6.45, 7) is 3.24. The molecule has 0 aliphatic carbocycles. The summed E-state index contributed by atoms with van der Waals surface area (Å²) in [5.74, 6) is -12.4. The molecule has 7 nitrogen and oxygen atoms in total. The van der Waals surface area contributed by atoms with E-state index in [1.54, 1.807) is 25.6 Å². The summed E-state index contributed by atoms with van der Waals surface area (Å²) in [7, 11) is 1.57. The number of benzene rings is 2. The molecule has 0 fully saturated rings. The zero-order valence-electron chi connectivity index (χ0n) is 19.8. The lowest BCUT2D eigenvalue weighted by atomic mass is 10.2. The third-order valence-electron chi connectivity index (χ3n) is 5.50. The molecule has 0 aliphatic heterocycles. The van der Waals surface area contributed by atoms with Gasteiger partial charge in [-0.1, -0.05) is 12.1 Å². The van der Waals surface area contributed by atoms with Crippen LogP contribution < -0.4 is 14.8 Å². The second-order valence-electron chi connectivity index (χ2n) is 7.96. The number of nitrogens with one attached hydrogen (secondary N) is 1. The Hall–Kier alpha value is -4.35. The highest BCUT2D eigenvalue weighted by molar-refractivity contribution is 6.02. The first-order chi connectivity index (χ1) is 17.6. The highest BCUT2D eigenvalue weighted by Gasteiger charge is 2.27. The highest BCUT2D eigenvalue weighted by Crippen LogP contribution is 2.30. The zero-order chi connectivity index (χ0) is 26.9. The molecule has 1 amide bonds. The number of hydrogen-bond acceptors (Lipinski definition) is 5. The maximum atomic E-state index is 13.8. The number of anilines is 1. The molecule has 12 heteroatoms. The average Bonchev–Trinajstić information content (AvgIpc) is 3.47. The van der Waals surface area contributed by atoms with Crippen molar-refractivity contribution in [1.82, 2.24) is 9.78 Å². The van der Waals surface area contributed by atoms with E-state index in [1.807, 2.05) is 24.3 Å². The molecule has 4 aromatic rings. The molecule has 0 saturated carbocycles. The fraction of sp³-hybridized carbons (Fsp3) is 0.200. The van der Waals surface area contributed by atoms with Crippen LogP contribution in [0.5, 0.6) is 11.5 Å². The minimum absolute atomic E-state index is 0.0868. The van der Waals surface area contributed by atoms with E-state index >= 15 is 0 Å². The molecule has 4 rings (SSSR count). The van der Waals surface area contributed by atoms with Gasteiger partial charge in [0.2, 0.25) is 29.1 Å². The number of amides is 1. The van der Waals surface area contributed by atoms with Gasteiger partial charge >= 0.3 is 0 Å². The quantitative estimate of drug-likeness (QED) is 0.184. The van der Waals surface area contributed by atoms with Crippen LogP contribution in [0.3, 0.4) is 0 Å². The van der Waals surface area contributed by atoms with E-state index in [0.29, 0.717) is 29.4 Å². The minimum atomic E-state index is -2.29. The largest absolute Gasteiger partial charge is 0.497 e. The van der Waals surface area contributed by atoms with Crippen molar-refractivity contribution in [2.45, 2.75) is 27.0 Å². The number of nitrogens with zero attached hydrogens (tertiary/aromatic N) is 2. The van der Waals surface area contributed by atoms with Crippen molar-refractivity contribution in [3.63, 3.8) is 0 Å². The summed E-state index contributed by atoms with van der Waals surface area (Å²) in [4.78, 5) is 12.7. The SMILES string of the molecule is COc1cccc(Cn2nc(C)c(NC(=O)c3ccc(COc4c(F)c(F)c(F)c(F)c4F)o3)c2C)c1. The summed E-state index contributed by atoms with van der Waals surface area (Å²) in [5.41, 5.74) is 2.63. The summed E-state index contributed by atoms with van der Waals surface area (Å²) >= 11 is 0. The first-order valence-corrected chi connectivity index (χ1v) is 10.8. The number of aromatic nitrogens is 2. The Labute approximate surface area is 207 Å². The zero-order valence-corrected chi connectivity index (χ0v) is 19.8. The van der Waals surface area contributed by atoms with Crippen LogP contribution in [0.25, 0.3) is 0 Å². The summed E-state index contributed by atoms with van der Waals surface area (Å²) in [6, 6.07) is 10.0. The Morgan fingerprint density at radius 2 is 1.68 bits per heavy atom. The lowest BCUT2D eigenvalue weighted by Gasteiger charge is -2.09. The number of halogens is 5. The molecule has 0 spiro atoms. The molecular formula is C25H20F5N3O4. The van der Waals surface area contributed by atoms with Gasteiger partial charge in [0, 0.05) is 0 Å². The van der Waals surface area contributed by atoms with Crippen molar-refractivity contribution in [3.05, 3.63) is 94.0 Å². The molecule has 0 radical (unpaired) electrons. The number of furan rings is 1. The van der Waals surface area contributed by atoms with E-state index in [2.05, 4.69) is 10.4 Å². The molecule has 0 atom stereocenters. The van der Waals surface area contributed by atoms with Crippen LogP contribution in [-0.2, 0) is 13.2 Å². The van der Waals surface area contributed by atoms with E-state index in [9.17, 15) is 26.7 Å². The van der Waals surface area contributed by atoms with Gasteiger partial charge in [-0.05, 0) is 43.7 Å². The van der Waals surface area contributed by atoms with Crippen molar-refractivity contribution >= 4 is 11.6 Å². The van der Waals surface area contributed by atoms with Gasteiger partial charge in [-0.2, -0.15) is 13.9 Å². The van der Waals surface area contributed by atoms with Gasteiger partial charge in [0.15, 0.2) is 11.5 Å². The summed E-state index contributed by atoms with van der Waals surface area (Å²) < 4.78 is 84.4. The predicted molar refractivity (Wildman–Crippen MR) is 121 cm³/mol. The molecule has 0 aliphatic rings. The van der Waals surface area contributed by atoms with Gasteiger partial charge in [-0.25, -0.2) is 13.2 Å². The molecule has 2 aromatic carbocycles.